The Morgan fingerprint density at radius 2 is 1.03 bits per heavy atom. The molecule has 170 valence electrons. The number of ether oxygens (including phenoxy) is 2. The monoisotopic (exact) mass is 520 g/mol. The van der Waals surface area contributed by atoms with E-state index in [1.54, 1.807) is 0 Å². The molecule has 0 saturated heterocycles. The number of amides is 2. The van der Waals surface area contributed by atoms with E-state index in [1.807, 2.05) is 0 Å². The summed E-state index contributed by atoms with van der Waals surface area (Å²) in [5.74, 6) is -2.79. The van der Waals surface area contributed by atoms with Crippen LogP contribution in [-0.4, -0.2) is 50.1 Å². The number of hydrogen-bond donors (Lipinski definition) is 2. The first-order chi connectivity index (χ1) is 15.2. The van der Waals surface area contributed by atoms with Crippen LogP contribution in [0.3, 0.4) is 0 Å². The quantitative estimate of drug-likeness (QED) is 0.385. The topological polar surface area (TPSA) is 111 Å². The SMILES string of the molecule is O=C(COC(=O)c1cc(Cl)ccc1Cl)NCCNC(=O)COC(=O)c1cc(Cl)ccc1Cl. The van der Waals surface area contributed by atoms with E-state index < -0.39 is 37.0 Å². The van der Waals surface area contributed by atoms with E-state index in [0.717, 1.165) is 0 Å². The van der Waals surface area contributed by atoms with E-state index in [2.05, 4.69) is 10.6 Å². The molecule has 2 rings (SSSR count). The lowest BCUT2D eigenvalue weighted by atomic mass is 10.2. The Hall–Kier alpha value is -2.52. The lowest BCUT2D eigenvalue weighted by molar-refractivity contribution is -0.125. The molecule has 0 bridgehead atoms. The van der Waals surface area contributed by atoms with Crippen LogP contribution in [0.15, 0.2) is 36.4 Å². The molecule has 0 heterocycles. The summed E-state index contributed by atoms with van der Waals surface area (Å²) in [5.41, 5.74) is 0.0701. The van der Waals surface area contributed by atoms with Crippen LogP contribution in [0.2, 0.25) is 20.1 Å². The molecule has 0 aliphatic rings. The highest BCUT2D eigenvalue weighted by Gasteiger charge is 2.15. The van der Waals surface area contributed by atoms with Crippen molar-refractivity contribution in [3.63, 3.8) is 0 Å². The molecule has 0 aromatic heterocycles. The van der Waals surface area contributed by atoms with Gasteiger partial charge in [0.25, 0.3) is 11.8 Å². The number of halogens is 4. The molecule has 0 radical (unpaired) electrons. The molecule has 0 spiro atoms. The highest BCUT2D eigenvalue weighted by molar-refractivity contribution is 6.36. The zero-order valence-corrected chi connectivity index (χ0v) is 19.3. The van der Waals surface area contributed by atoms with Crippen LogP contribution in [-0.2, 0) is 19.1 Å². The summed E-state index contributed by atoms with van der Waals surface area (Å²) in [7, 11) is 0. The second-order valence-electron chi connectivity index (χ2n) is 6.10. The Bertz CT molecular complexity index is 950. The molecule has 2 N–H and O–H groups in total. The third kappa shape index (κ3) is 8.20. The number of rotatable bonds is 9. The lowest BCUT2D eigenvalue weighted by Crippen LogP contribution is -2.38. The molecule has 2 amide bonds. The maximum absolute atomic E-state index is 12.0. The van der Waals surface area contributed by atoms with Gasteiger partial charge in [-0.3, -0.25) is 9.59 Å². The minimum Gasteiger partial charge on any atom is -0.452 e. The van der Waals surface area contributed by atoms with Crippen LogP contribution in [0.1, 0.15) is 20.7 Å². The van der Waals surface area contributed by atoms with E-state index in [9.17, 15) is 19.2 Å². The fraction of sp³-hybridized carbons (Fsp3) is 0.200. The van der Waals surface area contributed by atoms with Crippen molar-refractivity contribution < 1.29 is 28.7 Å². The van der Waals surface area contributed by atoms with Crippen molar-refractivity contribution in [1.29, 1.82) is 0 Å². The van der Waals surface area contributed by atoms with Crippen molar-refractivity contribution in [3.05, 3.63) is 67.6 Å². The van der Waals surface area contributed by atoms with E-state index in [0.29, 0.717) is 10.0 Å². The average Bonchev–Trinajstić information content (AvgIpc) is 2.76. The number of nitrogens with one attached hydrogen (secondary N) is 2. The van der Waals surface area contributed by atoms with E-state index in [-0.39, 0.29) is 34.3 Å². The van der Waals surface area contributed by atoms with Crippen molar-refractivity contribution in [2.45, 2.75) is 0 Å². The summed E-state index contributed by atoms with van der Waals surface area (Å²) in [5, 5.41) is 5.76. The van der Waals surface area contributed by atoms with Crippen LogP contribution in [0.5, 0.6) is 0 Å². The van der Waals surface area contributed by atoms with Gasteiger partial charge in [0.2, 0.25) is 0 Å². The van der Waals surface area contributed by atoms with Gasteiger partial charge in [0.1, 0.15) is 0 Å². The minimum absolute atomic E-state index is 0.0350. The van der Waals surface area contributed by atoms with E-state index in [1.165, 1.54) is 36.4 Å². The van der Waals surface area contributed by atoms with Crippen LogP contribution in [0.4, 0.5) is 0 Å². The zero-order valence-electron chi connectivity index (χ0n) is 16.3. The summed E-state index contributed by atoms with van der Waals surface area (Å²) in [6.45, 7) is -0.997. The second-order valence-corrected chi connectivity index (χ2v) is 7.79. The van der Waals surface area contributed by atoms with Crippen molar-refractivity contribution in [2.75, 3.05) is 26.3 Å². The molecule has 0 aliphatic heterocycles. The third-order valence-electron chi connectivity index (χ3n) is 3.73. The van der Waals surface area contributed by atoms with E-state index in [4.69, 9.17) is 55.9 Å². The Balaban J connectivity index is 1.64. The highest BCUT2D eigenvalue weighted by Crippen LogP contribution is 2.22. The highest BCUT2D eigenvalue weighted by atomic mass is 35.5. The molecule has 0 unspecified atom stereocenters. The molecule has 32 heavy (non-hydrogen) atoms. The standard InChI is InChI=1S/C20H16Cl4N2O6/c21-11-1-3-15(23)13(7-11)19(29)31-9-17(27)25-5-6-26-18(28)10-32-20(30)14-8-12(22)2-4-16(14)24/h1-4,7-8H,5-6,9-10H2,(H,25,27)(H,26,28). The maximum Gasteiger partial charge on any atom is 0.340 e. The molecule has 8 nitrogen and oxygen atoms in total. The fourth-order valence-corrected chi connectivity index (χ4v) is 2.97. The summed E-state index contributed by atoms with van der Waals surface area (Å²) < 4.78 is 9.74. The largest absolute Gasteiger partial charge is 0.452 e. The van der Waals surface area contributed by atoms with Crippen molar-refractivity contribution in [3.8, 4) is 0 Å². The predicted octanol–water partition coefficient (Wildman–Crippen LogP) is 3.55. The van der Waals surface area contributed by atoms with Gasteiger partial charge in [0.05, 0.1) is 21.2 Å². The molecular weight excluding hydrogens is 506 g/mol. The number of carbonyl (C=O) groups is 4. The van der Waals surface area contributed by atoms with Gasteiger partial charge in [0, 0.05) is 23.1 Å². The molecule has 0 aliphatic carbocycles. The predicted molar refractivity (Wildman–Crippen MR) is 120 cm³/mol. The van der Waals surface area contributed by atoms with Crippen LogP contribution < -0.4 is 10.6 Å². The van der Waals surface area contributed by atoms with Gasteiger partial charge >= 0.3 is 11.9 Å². The van der Waals surface area contributed by atoms with Gasteiger partial charge in [-0.05, 0) is 36.4 Å². The van der Waals surface area contributed by atoms with Crippen LogP contribution in [0, 0.1) is 0 Å². The van der Waals surface area contributed by atoms with Gasteiger partial charge in [0.15, 0.2) is 13.2 Å². The summed E-state index contributed by atoms with van der Waals surface area (Å²) >= 11 is 23.4. The number of benzene rings is 2. The third-order valence-corrected chi connectivity index (χ3v) is 4.86. The first-order valence-corrected chi connectivity index (χ1v) is 10.5. The van der Waals surface area contributed by atoms with Crippen LogP contribution in [0.25, 0.3) is 0 Å². The minimum atomic E-state index is -0.803. The first kappa shape index (κ1) is 25.7. The molecule has 0 fully saturated rings. The van der Waals surface area contributed by atoms with Gasteiger partial charge in [-0.25, -0.2) is 9.59 Å². The number of hydrogen-bond acceptors (Lipinski definition) is 6. The van der Waals surface area contributed by atoms with Crippen LogP contribution >= 0.6 is 46.4 Å². The Morgan fingerprint density at radius 1 is 0.656 bits per heavy atom. The number of esters is 2. The lowest BCUT2D eigenvalue weighted by Gasteiger charge is -2.09. The van der Waals surface area contributed by atoms with Crippen molar-refractivity contribution in [1.82, 2.24) is 10.6 Å². The molecule has 12 heteroatoms. The van der Waals surface area contributed by atoms with Gasteiger partial charge in [-0.1, -0.05) is 46.4 Å². The van der Waals surface area contributed by atoms with Gasteiger partial charge < -0.3 is 20.1 Å². The molecular formula is C20H16Cl4N2O6. The average molecular weight is 522 g/mol. The summed E-state index contributed by atoms with van der Waals surface area (Å²) in [4.78, 5) is 47.4. The summed E-state index contributed by atoms with van der Waals surface area (Å²) in [6, 6.07) is 8.54. The molecule has 0 atom stereocenters. The maximum atomic E-state index is 12.0. The Kier molecular flexibility index (Phi) is 10.1. The summed E-state index contributed by atoms with van der Waals surface area (Å²) in [6.07, 6.45) is 0. The molecule has 0 saturated carbocycles. The second kappa shape index (κ2) is 12.5. The molecule has 2 aromatic rings. The van der Waals surface area contributed by atoms with Gasteiger partial charge in [-0.15, -0.1) is 0 Å². The van der Waals surface area contributed by atoms with Crippen molar-refractivity contribution in [2.24, 2.45) is 0 Å². The smallest absolute Gasteiger partial charge is 0.340 e. The Morgan fingerprint density at radius 3 is 1.41 bits per heavy atom. The van der Waals surface area contributed by atoms with E-state index >= 15 is 0 Å². The zero-order chi connectivity index (χ0) is 23.7. The fourth-order valence-electron chi connectivity index (χ4n) is 2.23. The van der Waals surface area contributed by atoms with Crippen molar-refractivity contribution >= 4 is 70.2 Å². The van der Waals surface area contributed by atoms with Gasteiger partial charge in [-0.2, -0.15) is 0 Å². The molecule has 2 aromatic carbocycles. The Labute approximate surface area is 203 Å². The number of carbonyl (C=O) groups excluding carboxylic acids is 4. The first-order valence-electron chi connectivity index (χ1n) is 8.95. The normalized spacial score (nSPS) is 10.2.